The summed E-state index contributed by atoms with van der Waals surface area (Å²) in [5, 5.41) is 28.2. The highest BCUT2D eigenvalue weighted by atomic mass is 16.5. The van der Waals surface area contributed by atoms with Crippen molar-refractivity contribution in [3.8, 4) is 0 Å². The third kappa shape index (κ3) is 3.50. The molecule has 17 heavy (non-hydrogen) atoms. The highest BCUT2D eigenvalue weighted by Gasteiger charge is 2.40. The van der Waals surface area contributed by atoms with Crippen LogP contribution in [-0.4, -0.2) is 59.6 Å². The van der Waals surface area contributed by atoms with Crippen LogP contribution >= 0.6 is 0 Å². The van der Waals surface area contributed by atoms with E-state index in [0.29, 0.717) is 12.0 Å². The Labute approximate surface area is 102 Å². The van der Waals surface area contributed by atoms with E-state index >= 15 is 0 Å². The van der Waals surface area contributed by atoms with Crippen molar-refractivity contribution in [2.75, 3.05) is 13.7 Å². The fourth-order valence-electron chi connectivity index (χ4n) is 1.92. The molecule has 0 bridgehead atoms. The Morgan fingerprint density at radius 3 is 2.71 bits per heavy atom. The minimum absolute atomic E-state index is 0.116. The molecule has 0 saturated carbocycles. The lowest BCUT2D eigenvalue weighted by Crippen LogP contribution is -2.37. The van der Waals surface area contributed by atoms with Crippen LogP contribution in [0, 0.1) is 0 Å². The van der Waals surface area contributed by atoms with Gasteiger partial charge in [0.2, 0.25) is 0 Å². The average molecular weight is 246 g/mol. The van der Waals surface area contributed by atoms with Crippen LogP contribution in [0.5, 0.6) is 0 Å². The molecule has 1 saturated heterocycles. The topological polar surface area (TPSA) is 79.2 Å². The van der Waals surface area contributed by atoms with Gasteiger partial charge in [0.15, 0.2) is 0 Å². The van der Waals surface area contributed by atoms with E-state index in [1.165, 1.54) is 0 Å². The number of hydrogen-bond acceptors (Lipinski definition) is 5. The first-order valence-electron chi connectivity index (χ1n) is 5.85. The molecule has 5 nitrogen and oxygen atoms in total. The summed E-state index contributed by atoms with van der Waals surface area (Å²) in [6, 6.07) is 0. The summed E-state index contributed by atoms with van der Waals surface area (Å²) in [4.78, 5) is 0. The second-order valence-electron chi connectivity index (χ2n) is 4.48. The van der Waals surface area contributed by atoms with Crippen LogP contribution in [0.2, 0.25) is 0 Å². The van der Waals surface area contributed by atoms with Gasteiger partial charge in [0.05, 0.1) is 18.8 Å². The quantitative estimate of drug-likeness (QED) is 0.568. The third-order valence-corrected chi connectivity index (χ3v) is 3.23. The van der Waals surface area contributed by atoms with Crippen LogP contribution in [0.15, 0.2) is 12.2 Å². The third-order valence-electron chi connectivity index (χ3n) is 3.23. The van der Waals surface area contributed by atoms with Crippen molar-refractivity contribution in [1.82, 2.24) is 0 Å². The molecule has 0 aromatic carbocycles. The number of aliphatic hydroxyl groups excluding tert-OH is 3. The number of ether oxygens (including phenoxy) is 2. The van der Waals surface area contributed by atoms with E-state index in [1.807, 2.05) is 6.92 Å². The maximum Gasteiger partial charge on any atom is 0.116 e. The van der Waals surface area contributed by atoms with Gasteiger partial charge in [-0.2, -0.15) is 0 Å². The Kier molecular flexibility index (Phi) is 5.55. The predicted molar refractivity (Wildman–Crippen MR) is 62.6 cm³/mol. The fourth-order valence-corrected chi connectivity index (χ4v) is 1.92. The minimum atomic E-state index is -1.08. The van der Waals surface area contributed by atoms with E-state index in [1.54, 1.807) is 7.11 Å². The van der Waals surface area contributed by atoms with Gasteiger partial charge in [-0.15, -0.1) is 0 Å². The Hall–Kier alpha value is -0.460. The van der Waals surface area contributed by atoms with Gasteiger partial charge >= 0.3 is 0 Å². The number of aliphatic hydroxyl groups is 3. The van der Waals surface area contributed by atoms with E-state index in [4.69, 9.17) is 14.6 Å². The summed E-state index contributed by atoms with van der Waals surface area (Å²) in [7, 11) is 1.64. The van der Waals surface area contributed by atoms with Crippen molar-refractivity contribution in [1.29, 1.82) is 0 Å². The Morgan fingerprint density at radius 2 is 2.18 bits per heavy atom. The molecule has 0 aromatic heterocycles. The molecule has 1 heterocycles. The summed E-state index contributed by atoms with van der Waals surface area (Å²) in [6.07, 6.45) is -1.48. The first kappa shape index (κ1) is 14.6. The Balaban J connectivity index is 2.51. The predicted octanol–water partition coefficient (Wildman–Crippen LogP) is -0.161. The SMILES string of the molecule is C=C1[C@H](CCC(C)OC)O[C@@H]([C@H](O)CO)[C@H]1O. The minimum Gasteiger partial charge on any atom is -0.394 e. The zero-order chi connectivity index (χ0) is 13.0. The van der Waals surface area contributed by atoms with E-state index in [9.17, 15) is 10.2 Å². The molecule has 0 radical (unpaired) electrons. The van der Waals surface area contributed by atoms with Gasteiger partial charge in [0.1, 0.15) is 18.3 Å². The zero-order valence-electron chi connectivity index (χ0n) is 10.4. The van der Waals surface area contributed by atoms with Gasteiger partial charge in [0.25, 0.3) is 0 Å². The summed E-state index contributed by atoms with van der Waals surface area (Å²) < 4.78 is 10.6. The van der Waals surface area contributed by atoms with Crippen LogP contribution < -0.4 is 0 Å². The normalized spacial score (nSPS) is 32.8. The molecule has 1 fully saturated rings. The monoisotopic (exact) mass is 246 g/mol. The molecule has 3 N–H and O–H groups in total. The largest absolute Gasteiger partial charge is 0.394 e. The molecule has 0 aliphatic carbocycles. The lowest BCUT2D eigenvalue weighted by Gasteiger charge is -2.19. The average Bonchev–Trinajstić information content (AvgIpc) is 2.62. The van der Waals surface area contributed by atoms with Gasteiger partial charge in [-0.25, -0.2) is 0 Å². The second-order valence-corrected chi connectivity index (χ2v) is 4.48. The standard InChI is InChI=1S/C12H22O5/c1-7(16-3)4-5-10-8(2)11(15)12(17-10)9(14)6-13/h7,9-15H,2,4-6H2,1,3H3/t7?,9-,10+,11+,12+/m1/s1. The molecule has 5 heteroatoms. The van der Waals surface area contributed by atoms with E-state index in [-0.39, 0.29) is 12.2 Å². The lowest BCUT2D eigenvalue weighted by atomic mass is 9.99. The van der Waals surface area contributed by atoms with Crippen molar-refractivity contribution in [2.24, 2.45) is 0 Å². The van der Waals surface area contributed by atoms with Crippen molar-refractivity contribution in [3.05, 3.63) is 12.2 Å². The van der Waals surface area contributed by atoms with Gasteiger partial charge in [-0.05, 0) is 25.3 Å². The molecule has 0 spiro atoms. The first-order valence-corrected chi connectivity index (χ1v) is 5.85. The molecule has 1 unspecified atom stereocenters. The van der Waals surface area contributed by atoms with Gasteiger partial charge in [-0.1, -0.05) is 6.58 Å². The molecular weight excluding hydrogens is 224 g/mol. The molecule has 5 atom stereocenters. The summed E-state index contributed by atoms with van der Waals surface area (Å²) >= 11 is 0. The molecule has 100 valence electrons. The van der Waals surface area contributed by atoms with Gasteiger partial charge in [-0.3, -0.25) is 0 Å². The highest BCUT2D eigenvalue weighted by molar-refractivity contribution is 5.17. The van der Waals surface area contributed by atoms with E-state index in [0.717, 1.165) is 6.42 Å². The van der Waals surface area contributed by atoms with Crippen LogP contribution in [-0.2, 0) is 9.47 Å². The lowest BCUT2D eigenvalue weighted by molar-refractivity contribution is -0.0837. The maximum absolute atomic E-state index is 9.82. The number of hydrogen-bond donors (Lipinski definition) is 3. The number of rotatable bonds is 6. The first-order chi connectivity index (χ1) is 8.01. The molecular formula is C12H22O5. The van der Waals surface area contributed by atoms with Crippen molar-refractivity contribution < 1.29 is 24.8 Å². The maximum atomic E-state index is 9.82. The Morgan fingerprint density at radius 1 is 1.53 bits per heavy atom. The Bertz CT molecular complexity index is 255. The number of methoxy groups -OCH3 is 1. The van der Waals surface area contributed by atoms with Crippen LogP contribution in [0.4, 0.5) is 0 Å². The highest BCUT2D eigenvalue weighted by Crippen LogP contribution is 2.30. The molecule has 1 aliphatic rings. The summed E-state index contributed by atoms with van der Waals surface area (Å²) in [5.74, 6) is 0. The van der Waals surface area contributed by atoms with Crippen molar-refractivity contribution >= 4 is 0 Å². The van der Waals surface area contributed by atoms with E-state index < -0.39 is 24.9 Å². The zero-order valence-corrected chi connectivity index (χ0v) is 10.4. The molecule has 0 aromatic rings. The molecule has 0 amide bonds. The van der Waals surface area contributed by atoms with Crippen LogP contribution in [0.3, 0.4) is 0 Å². The van der Waals surface area contributed by atoms with E-state index in [2.05, 4.69) is 6.58 Å². The van der Waals surface area contributed by atoms with Crippen molar-refractivity contribution in [3.63, 3.8) is 0 Å². The second kappa shape index (κ2) is 6.47. The summed E-state index contributed by atoms with van der Waals surface area (Å²) in [6.45, 7) is 5.30. The fraction of sp³-hybridized carbons (Fsp3) is 0.833. The van der Waals surface area contributed by atoms with Gasteiger partial charge in [0, 0.05) is 7.11 Å². The van der Waals surface area contributed by atoms with Crippen LogP contribution in [0.1, 0.15) is 19.8 Å². The van der Waals surface area contributed by atoms with Gasteiger partial charge < -0.3 is 24.8 Å². The smallest absolute Gasteiger partial charge is 0.116 e. The molecule has 1 rings (SSSR count). The molecule has 1 aliphatic heterocycles. The van der Waals surface area contributed by atoms with Crippen molar-refractivity contribution in [2.45, 2.75) is 50.3 Å². The summed E-state index contributed by atoms with van der Waals surface area (Å²) in [5.41, 5.74) is 0.561. The van der Waals surface area contributed by atoms with Crippen LogP contribution in [0.25, 0.3) is 0 Å².